The summed E-state index contributed by atoms with van der Waals surface area (Å²) in [6.07, 6.45) is 8.25. The SMILES string of the molecule is OCCN(CCO)c1nncc(-c2ccc(C3CCCCC3)cc2)n1. The van der Waals surface area contributed by atoms with E-state index in [9.17, 15) is 0 Å². The fourth-order valence-corrected chi connectivity index (χ4v) is 3.48. The molecule has 0 spiro atoms. The molecule has 0 saturated heterocycles. The Morgan fingerprint density at radius 1 is 0.960 bits per heavy atom. The van der Waals surface area contributed by atoms with E-state index in [-0.39, 0.29) is 13.2 Å². The van der Waals surface area contributed by atoms with Crippen LogP contribution in [0.25, 0.3) is 11.3 Å². The molecular weight excluding hydrogens is 316 g/mol. The first-order chi connectivity index (χ1) is 12.3. The summed E-state index contributed by atoms with van der Waals surface area (Å²) in [7, 11) is 0. The lowest BCUT2D eigenvalue weighted by atomic mass is 9.84. The van der Waals surface area contributed by atoms with Gasteiger partial charge >= 0.3 is 0 Å². The molecule has 6 heteroatoms. The van der Waals surface area contributed by atoms with Crippen molar-refractivity contribution in [2.75, 3.05) is 31.2 Å². The smallest absolute Gasteiger partial charge is 0.246 e. The average molecular weight is 342 g/mol. The highest BCUT2D eigenvalue weighted by molar-refractivity contribution is 5.59. The molecule has 1 aromatic heterocycles. The fraction of sp³-hybridized carbons (Fsp3) is 0.526. The molecule has 0 radical (unpaired) electrons. The summed E-state index contributed by atoms with van der Waals surface area (Å²) in [6, 6.07) is 8.60. The highest BCUT2D eigenvalue weighted by Crippen LogP contribution is 2.33. The summed E-state index contributed by atoms with van der Waals surface area (Å²) < 4.78 is 0. The van der Waals surface area contributed by atoms with Crippen molar-refractivity contribution in [3.05, 3.63) is 36.0 Å². The van der Waals surface area contributed by atoms with Gasteiger partial charge in [0.25, 0.3) is 0 Å². The molecule has 1 heterocycles. The fourth-order valence-electron chi connectivity index (χ4n) is 3.48. The topological polar surface area (TPSA) is 82.4 Å². The van der Waals surface area contributed by atoms with Crippen molar-refractivity contribution in [2.45, 2.75) is 38.0 Å². The van der Waals surface area contributed by atoms with Crippen molar-refractivity contribution in [3.63, 3.8) is 0 Å². The van der Waals surface area contributed by atoms with Crippen LogP contribution in [0.1, 0.15) is 43.6 Å². The van der Waals surface area contributed by atoms with Crippen LogP contribution in [0.4, 0.5) is 5.95 Å². The van der Waals surface area contributed by atoms with Gasteiger partial charge in [0.2, 0.25) is 5.95 Å². The molecule has 1 saturated carbocycles. The highest BCUT2D eigenvalue weighted by Gasteiger charge is 2.16. The Bertz CT molecular complexity index is 651. The second kappa shape index (κ2) is 8.87. The van der Waals surface area contributed by atoms with Gasteiger partial charge in [0, 0.05) is 18.7 Å². The Kier molecular flexibility index (Phi) is 6.30. The third-order valence-electron chi connectivity index (χ3n) is 4.85. The quantitative estimate of drug-likeness (QED) is 0.804. The maximum absolute atomic E-state index is 9.17. The molecule has 2 aromatic rings. The van der Waals surface area contributed by atoms with Crippen LogP contribution in [-0.2, 0) is 0 Å². The molecule has 1 aliphatic rings. The van der Waals surface area contributed by atoms with Crippen molar-refractivity contribution in [1.29, 1.82) is 0 Å². The third kappa shape index (κ3) is 4.52. The number of hydrogen-bond acceptors (Lipinski definition) is 6. The molecule has 1 aliphatic carbocycles. The molecule has 0 amide bonds. The average Bonchev–Trinajstić information content (AvgIpc) is 2.69. The highest BCUT2D eigenvalue weighted by atomic mass is 16.3. The largest absolute Gasteiger partial charge is 0.395 e. The van der Waals surface area contributed by atoms with Crippen LogP contribution >= 0.6 is 0 Å². The van der Waals surface area contributed by atoms with Gasteiger partial charge in [-0.05, 0) is 24.3 Å². The molecule has 2 N–H and O–H groups in total. The minimum atomic E-state index is -0.0241. The van der Waals surface area contributed by atoms with E-state index in [4.69, 9.17) is 10.2 Å². The van der Waals surface area contributed by atoms with Crippen molar-refractivity contribution in [1.82, 2.24) is 15.2 Å². The van der Waals surface area contributed by atoms with Crippen LogP contribution in [0.5, 0.6) is 0 Å². The summed E-state index contributed by atoms with van der Waals surface area (Å²) in [4.78, 5) is 6.28. The van der Waals surface area contributed by atoms with Gasteiger partial charge in [-0.15, -0.1) is 5.10 Å². The minimum absolute atomic E-state index is 0.0241. The second-order valence-electron chi connectivity index (χ2n) is 6.53. The Morgan fingerprint density at radius 3 is 2.28 bits per heavy atom. The van der Waals surface area contributed by atoms with Gasteiger partial charge < -0.3 is 15.1 Å². The number of aromatic nitrogens is 3. The van der Waals surface area contributed by atoms with Gasteiger partial charge in [-0.2, -0.15) is 5.10 Å². The lowest BCUT2D eigenvalue weighted by molar-refractivity contribution is 0.280. The minimum Gasteiger partial charge on any atom is -0.395 e. The number of benzene rings is 1. The molecule has 3 rings (SSSR count). The first kappa shape index (κ1) is 17.8. The maximum Gasteiger partial charge on any atom is 0.246 e. The molecule has 0 atom stereocenters. The molecule has 1 aromatic carbocycles. The van der Waals surface area contributed by atoms with Crippen LogP contribution in [0.2, 0.25) is 0 Å². The van der Waals surface area contributed by atoms with Gasteiger partial charge in [-0.25, -0.2) is 4.98 Å². The second-order valence-corrected chi connectivity index (χ2v) is 6.53. The summed E-state index contributed by atoms with van der Waals surface area (Å²) in [5.41, 5.74) is 3.16. The van der Waals surface area contributed by atoms with E-state index < -0.39 is 0 Å². The standard InChI is InChI=1S/C19H26N4O2/c24-12-10-23(11-13-25)19-21-18(14-20-22-19)17-8-6-16(7-9-17)15-4-2-1-3-5-15/h6-9,14-15,24-25H,1-5,10-13H2. The number of hydrogen-bond donors (Lipinski definition) is 2. The van der Waals surface area contributed by atoms with E-state index in [1.54, 1.807) is 11.1 Å². The number of aliphatic hydroxyl groups is 2. The zero-order valence-electron chi connectivity index (χ0n) is 14.5. The van der Waals surface area contributed by atoms with E-state index in [2.05, 4.69) is 39.4 Å². The summed E-state index contributed by atoms with van der Waals surface area (Å²) in [5.74, 6) is 1.11. The molecular formula is C19H26N4O2. The Morgan fingerprint density at radius 2 is 1.64 bits per heavy atom. The van der Waals surface area contributed by atoms with Crippen LogP contribution < -0.4 is 4.90 Å². The zero-order valence-corrected chi connectivity index (χ0v) is 14.5. The van der Waals surface area contributed by atoms with E-state index in [1.807, 2.05) is 0 Å². The van der Waals surface area contributed by atoms with Gasteiger partial charge in [0.15, 0.2) is 0 Å². The lowest BCUT2D eigenvalue weighted by Gasteiger charge is -2.22. The third-order valence-corrected chi connectivity index (χ3v) is 4.85. The monoisotopic (exact) mass is 342 g/mol. The molecule has 0 unspecified atom stereocenters. The molecule has 0 bridgehead atoms. The number of rotatable bonds is 7. The maximum atomic E-state index is 9.17. The van der Waals surface area contributed by atoms with E-state index in [0.29, 0.717) is 25.0 Å². The van der Waals surface area contributed by atoms with Crippen molar-refractivity contribution < 1.29 is 10.2 Å². The summed E-state index contributed by atoms with van der Waals surface area (Å²) >= 11 is 0. The first-order valence-electron chi connectivity index (χ1n) is 9.08. The van der Waals surface area contributed by atoms with E-state index in [1.165, 1.54) is 37.7 Å². The van der Waals surface area contributed by atoms with Crippen LogP contribution in [0.3, 0.4) is 0 Å². The van der Waals surface area contributed by atoms with Gasteiger partial charge in [0.1, 0.15) is 0 Å². The molecule has 134 valence electrons. The van der Waals surface area contributed by atoms with Crippen LogP contribution in [0.15, 0.2) is 30.5 Å². The Hall–Kier alpha value is -2.05. The summed E-state index contributed by atoms with van der Waals surface area (Å²) in [6.45, 7) is 0.686. The predicted molar refractivity (Wildman–Crippen MR) is 97.5 cm³/mol. The molecule has 0 aliphatic heterocycles. The van der Waals surface area contributed by atoms with Crippen LogP contribution in [-0.4, -0.2) is 51.7 Å². The molecule has 6 nitrogen and oxygen atoms in total. The van der Waals surface area contributed by atoms with Gasteiger partial charge in [-0.3, -0.25) is 0 Å². The number of nitrogens with zero attached hydrogens (tertiary/aromatic N) is 4. The number of aliphatic hydroxyl groups excluding tert-OH is 2. The van der Waals surface area contributed by atoms with E-state index in [0.717, 1.165) is 11.3 Å². The zero-order chi connectivity index (χ0) is 17.5. The van der Waals surface area contributed by atoms with Crippen molar-refractivity contribution >= 4 is 5.95 Å². The lowest BCUT2D eigenvalue weighted by Crippen LogP contribution is -2.31. The van der Waals surface area contributed by atoms with Gasteiger partial charge in [0.05, 0.1) is 25.1 Å². The molecule has 1 fully saturated rings. The Labute approximate surface area is 148 Å². The molecule has 25 heavy (non-hydrogen) atoms. The van der Waals surface area contributed by atoms with Crippen LogP contribution in [0, 0.1) is 0 Å². The van der Waals surface area contributed by atoms with Gasteiger partial charge in [-0.1, -0.05) is 43.5 Å². The van der Waals surface area contributed by atoms with Crippen molar-refractivity contribution in [3.8, 4) is 11.3 Å². The first-order valence-corrected chi connectivity index (χ1v) is 9.08. The Balaban J connectivity index is 1.78. The van der Waals surface area contributed by atoms with E-state index >= 15 is 0 Å². The predicted octanol–water partition coefficient (Wildman–Crippen LogP) is 2.38. The summed E-state index contributed by atoms with van der Waals surface area (Å²) in [5, 5.41) is 26.4. The number of anilines is 1. The normalized spacial score (nSPS) is 15.3. The van der Waals surface area contributed by atoms with Crippen molar-refractivity contribution in [2.24, 2.45) is 0 Å².